The monoisotopic (exact) mass is 347 g/mol. The van der Waals surface area contributed by atoms with Gasteiger partial charge in [0.1, 0.15) is 17.8 Å². The molecule has 1 N–H and O–H groups in total. The van der Waals surface area contributed by atoms with Crippen LogP contribution < -0.4 is 4.74 Å². The number of nitrogens with zero attached hydrogens (tertiary/aromatic N) is 5. The molecule has 3 rings (SSSR count). The minimum atomic E-state index is -1.09. The summed E-state index contributed by atoms with van der Waals surface area (Å²) in [5, 5.41) is 20.1. The molecule has 25 heavy (non-hydrogen) atoms. The minimum absolute atomic E-state index is 0.00918. The van der Waals surface area contributed by atoms with Crippen LogP contribution in [0.3, 0.4) is 0 Å². The van der Waals surface area contributed by atoms with E-state index in [1.165, 1.54) is 23.0 Å². The molecule has 1 saturated heterocycles. The van der Waals surface area contributed by atoms with Gasteiger partial charge in [-0.2, -0.15) is 4.68 Å². The summed E-state index contributed by atoms with van der Waals surface area (Å²) in [6.07, 6.45) is -0.00964. The smallest absolute Gasteiger partial charge is 0.334 e. The molecule has 1 unspecified atom stereocenters. The van der Waals surface area contributed by atoms with E-state index in [1.807, 2.05) is 0 Å². The Bertz CT molecular complexity index is 779. The fraction of sp³-hybridized carbons (Fsp3) is 0.400. The van der Waals surface area contributed by atoms with Gasteiger partial charge in [0, 0.05) is 12.1 Å². The van der Waals surface area contributed by atoms with Crippen LogP contribution in [0.4, 0.5) is 0 Å². The Morgan fingerprint density at radius 1 is 1.36 bits per heavy atom. The molecule has 2 heterocycles. The van der Waals surface area contributed by atoms with Gasteiger partial charge < -0.3 is 19.5 Å². The van der Waals surface area contributed by atoms with Crippen molar-refractivity contribution in [3.63, 3.8) is 0 Å². The van der Waals surface area contributed by atoms with Gasteiger partial charge in [0.15, 0.2) is 6.10 Å². The Balaban J connectivity index is 1.89. The number of amides is 1. The maximum atomic E-state index is 12.8. The van der Waals surface area contributed by atoms with Crippen molar-refractivity contribution in [2.45, 2.75) is 19.1 Å². The Hall–Kier alpha value is -3.01. The largest absolute Gasteiger partial charge is 0.494 e. The lowest BCUT2D eigenvalue weighted by molar-refractivity contribution is -0.160. The lowest BCUT2D eigenvalue weighted by Crippen LogP contribution is -2.51. The van der Waals surface area contributed by atoms with Crippen LogP contribution in [0.2, 0.25) is 0 Å². The number of morpholine rings is 1. The second-order valence-electron chi connectivity index (χ2n) is 5.62. The Labute approximate surface area is 142 Å². The molecule has 1 amide bonds. The van der Waals surface area contributed by atoms with Gasteiger partial charge in [-0.05, 0) is 35.5 Å². The summed E-state index contributed by atoms with van der Waals surface area (Å²) >= 11 is 0. The molecule has 10 heteroatoms. The van der Waals surface area contributed by atoms with E-state index in [2.05, 4.69) is 15.5 Å². The molecule has 2 atom stereocenters. The van der Waals surface area contributed by atoms with E-state index in [9.17, 15) is 9.59 Å². The molecule has 132 valence electrons. The molecule has 1 aliphatic rings. The van der Waals surface area contributed by atoms with Gasteiger partial charge in [-0.3, -0.25) is 4.79 Å². The first-order valence-electron chi connectivity index (χ1n) is 7.58. The highest BCUT2D eigenvalue weighted by atomic mass is 16.5. The average molecular weight is 347 g/mol. The zero-order valence-electron chi connectivity index (χ0n) is 13.7. The Morgan fingerprint density at radius 2 is 2.16 bits per heavy atom. The molecule has 1 aromatic carbocycles. The minimum Gasteiger partial charge on any atom is -0.494 e. The number of carbonyl (C=O) groups excluding carboxylic acids is 1. The summed E-state index contributed by atoms with van der Waals surface area (Å²) in [6.45, 7) is 2.04. The number of aromatic nitrogens is 4. The lowest BCUT2D eigenvalue weighted by Gasteiger charge is -2.35. The van der Waals surface area contributed by atoms with E-state index in [0.717, 1.165) is 0 Å². The molecule has 0 saturated carbocycles. The predicted octanol–water partition coefficient (Wildman–Crippen LogP) is -0.0150. The van der Waals surface area contributed by atoms with Crippen molar-refractivity contribution in [3.05, 3.63) is 30.1 Å². The number of hydrogen-bond donors (Lipinski definition) is 1. The third-order valence-electron chi connectivity index (χ3n) is 3.84. The van der Waals surface area contributed by atoms with Gasteiger partial charge >= 0.3 is 5.97 Å². The van der Waals surface area contributed by atoms with E-state index in [4.69, 9.17) is 14.6 Å². The summed E-state index contributed by atoms with van der Waals surface area (Å²) < 4.78 is 12.0. The van der Waals surface area contributed by atoms with E-state index >= 15 is 0 Å². The number of carbonyl (C=O) groups is 2. The number of rotatable bonds is 4. The standard InChI is InChI=1S/C15H17N5O5/c1-9-6-19(7-13(25-9)15(22)23)14(21)10-3-4-12(24-2)11(5-10)20-8-16-17-18-20/h3-5,8-9,13H,6-7H2,1-2H3,(H,22,23)/t9-,13?/m1/s1. The zero-order chi connectivity index (χ0) is 18.0. The highest BCUT2D eigenvalue weighted by Crippen LogP contribution is 2.24. The topological polar surface area (TPSA) is 120 Å². The van der Waals surface area contributed by atoms with Gasteiger partial charge in [0.25, 0.3) is 5.91 Å². The van der Waals surface area contributed by atoms with Crippen LogP contribution in [0.25, 0.3) is 5.69 Å². The van der Waals surface area contributed by atoms with E-state index in [1.54, 1.807) is 25.1 Å². The predicted molar refractivity (Wildman–Crippen MR) is 83.6 cm³/mol. The SMILES string of the molecule is COc1ccc(C(=O)N2CC(C(=O)O)O[C@H](C)C2)cc1-n1cnnn1. The molecule has 0 spiro atoms. The number of tetrazole rings is 1. The zero-order valence-corrected chi connectivity index (χ0v) is 13.7. The molecule has 2 aromatic rings. The first kappa shape index (κ1) is 16.8. The number of benzene rings is 1. The maximum Gasteiger partial charge on any atom is 0.334 e. The maximum absolute atomic E-state index is 12.8. The van der Waals surface area contributed by atoms with Crippen LogP contribution in [0, 0.1) is 0 Å². The van der Waals surface area contributed by atoms with Crippen LogP contribution >= 0.6 is 0 Å². The molecule has 10 nitrogen and oxygen atoms in total. The fourth-order valence-electron chi connectivity index (χ4n) is 2.71. The summed E-state index contributed by atoms with van der Waals surface area (Å²) in [7, 11) is 1.51. The molecule has 0 bridgehead atoms. The van der Waals surface area contributed by atoms with Gasteiger partial charge in [0.2, 0.25) is 0 Å². The molecular formula is C15H17N5O5. The summed E-state index contributed by atoms with van der Waals surface area (Å²) in [6, 6.07) is 4.86. The molecule has 1 fully saturated rings. The van der Waals surface area contributed by atoms with Crippen LogP contribution in [0.15, 0.2) is 24.5 Å². The number of carboxylic acid groups (broad SMARTS) is 1. The number of carboxylic acids is 1. The van der Waals surface area contributed by atoms with Crippen molar-refractivity contribution in [3.8, 4) is 11.4 Å². The van der Waals surface area contributed by atoms with Crippen LogP contribution in [0.5, 0.6) is 5.75 Å². The second kappa shape index (κ2) is 6.85. The number of hydrogen-bond acceptors (Lipinski definition) is 7. The summed E-state index contributed by atoms with van der Waals surface area (Å²) in [4.78, 5) is 25.5. The van der Waals surface area contributed by atoms with Gasteiger partial charge in [-0.1, -0.05) is 0 Å². The Kier molecular flexibility index (Phi) is 4.61. The van der Waals surface area contributed by atoms with Crippen molar-refractivity contribution < 1.29 is 24.2 Å². The molecule has 0 radical (unpaired) electrons. The number of aliphatic carboxylic acids is 1. The molecular weight excluding hydrogens is 330 g/mol. The molecule has 1 aromatic heterocycles. The fourth-order valence-corrected chi connectivity index (χ4v) is 2.71. The van der Waals surface area contributed by atoms with E-state index in [0.29, 0.717) is 23.5 Å². The van der Waals surface area contributed by atoms with Gasteiger partial charge in [-0.25, -0.2) is 4.79 Å². The lowest BCUT2D eigenvalue weighted by atomic mass is 10.1. The van der Waals surface area contributed by atoms with Crippen molar-refractivity contribution in [2.75, 3.05) is 20.2 Å². The number of methoxy groups -OCH3 is 1. The third-order valence-corrected chi connectivity index (χ3v) is 3.84. The van der Waals surface area contributed by atoms with E-state index < -0.39 is 12.1 Å². The van der Waals surface area contributed by atoms with Gasteiger partial charge in [-0.15, -0.1) is 5.10 Å². The Morgan fingerprint density at radius 3 is 2.80 bits per heavy atom. The normalized spacial score (nSPS) is 20.3. The highest BCUT2D eigenvalue weighted by Gasteiger charge is 2.33. The van der Waals surface area contributed by atoms with Crippen molar-refractivity contribution in [2.24, 2.45) is 0 Å². The van der Waals surface area contributed by atoms with Crippen molar-refractivity contribution in [1.82, 2.24) is 25.1 Å². The van der Waals surface area contributed by atoms with E-state index in [-0.39, 0.29) is 18.6 Å². The van der Waals surface area contributed by atoms with Gasteiger partial charge in [0.05, 0.1) is 19.8 Å². The third kappa shape index (κ3) is 3.43. The van der Waals surface area contributed by atoms with Crippen LogP contribution in [0.1, 0.15) is 17.3 Å². The first-order valence-corrected chi connectivity index (χ1v) is 7.58. The van der Waals surface area contributed by atoms with Crippen molar-refractivity contribution in [1.29, 1.82) is 0 Å². The van der Waals surface area contributed by atoms with Crippen LogP contribution in [-0.4, -0.2) is 74.5 Å². The second-order valence-corrected chi connectivity index (χ2v) is 5.62. The summed E-state index contributed by atoms with van der Waals surface area (Å²) in [5.41, 5.74) is 0.888. The average Bonchev–Trinajstić information content (AvgIpc) is 3.14. The number of ether oxygens (including phenoxy) is 2. The van der Waals surface area contributed by atoms with Crippen LogP contribution in [-0.2, 0) is 9.53 Å². The van der Waals surface area contributed by atoms with Crippen molar-refractivity contribution >= 4 is 11.9 Å². The molecule has 1 aliphatic heterocycles. The summed E-state index contributed by atoms with van der Waals surface area (Å²) in [5.74, 6) is -0.880. The molecule has 0 aliphatic carbocycles. The highest BCUT2D eigenvalue weighted by molar-refractivity contribution is 5.95. The quantitative estimate of drug-likeness (QED) is 0.820. The first-order chi connectivity index (χ1) is 12.0.